The number of benzene rings is 2. The molecule has 0 amide bonds. The van der Waals surface area contributed by atoms with Crippen LogP contribution in [0, 0.1) is 0 Å². The molecule has 3 rings (SSSR count). The Labute approximate surface area is 139 Å². The molecule has 0 radical (unpaired) electrons. The minimum atomic E-state index is -0.984. The van der Waals surface area contributed by atoms with Gasteiger partial charge < -0.3 is 10.2 Å². The number of fused-ring (bicyclic) bond motifs is 1. The number of nitrogens with one attached hydrogen (secondary N) is 1. The number of hydrogen-bond acceptors (Lipinski definition) is 2. The predicted octanol–water partition coefficient (Wildman–Crippen LogP) is 2.43. The maximum Gasteiger partial charge on any atom is 0.198 e. The van der Waals surface area contributed by atoms with Gasteiger partial charge in [-0.05, 0) is 30.2 Å². The fourth-order valence-corrected chi connectivity index (χ4v) is 3.78. The van der Waals surface area contributed by atoms with Crippen molar-refractivity contribution in [1.29, 1.82) is 0 Å². The molecule has 0 bridgehead atoms. The highest BCUT2D eigenvalue weighted by Gasteiger charge is 2.22. The minimum absolute atomic E-state index is 0.568. The topological polar surface area (TPSA) is 44.7 Å². The molecule has 1 N–H and O–H groups in total. The first kappa shape index (κ1) is 15.7. The van der Waals surface area contributed by atoms with Crippen molar-refractivity contribution in [2.24, 2.45) is 4.99 Å². The van der Waals surface area contributed by atoms with Crippen LogP contribution in [0.3, 0.4) is 0 Å². The van der Waals surface area contributed by atoms with Gasteiger partial charge in [-0.3, -0.25) is 9.20 Å². The largest absolute Gasteiger partial charge is 0.355 e. The molecule has 1 unspecified atom stereocenters. The van der Waals surface area contributed by atoms with Crippen LogP contribution in [0.5, 0.6) is 0 Å². The Balaban J connectivity index is 1.58. The Morgan fingerprint density at radius 3 is 2.70 bits per heavy atom. The van der Waals surface area contributed by atoms with Gasteiger partial charge in [-0.25, -0.2) is 0 Å². The van der Waals surface area contributed by atoms with E-state index in [9.17, 15) is 4.21 Å². The van der Waals surface area contributed by atoms with E-state index in [0.717, 1.165) is 23.8 Å². The van der Waals surface area contributed by atoms with Crippen LogP contribution in [0.4, 0.5) is 5.69 Å². The molecule has 1 aliphatic rings. The van der Waals surface area contributed by atoms with Crippen LogP contribution in [0.25, 0.3) is 0 Å². The van der Waals surface area contributed by atoms with E-state index in [0.29, 0.717) is 12.3 Å². The zero-order chi connectivity index (χ0) is 16.1. The summed E-state index contributed by atoms with van der Waals surface area (Å²) in [7, 11) is 0.805. The number of para-hydroxylation sites is 1. The van der Waals surface area contributed by atoms with E-state index >= 15 is 0 Å². The molecular weight excluding hydrogens is 306 g/mol. The van der Waals surface area contributed by atoms with Gasteiger partial charge in [0.05, 0.1) is 10.8 Å². The summed E-state index contributed by atoms with van der Waals surface area (Å²) in [6.45, 7) is 1.56. The van der Waals surface area contributed by atoms with E-state index < -0.39 is 10.8 Å². The lowest BCUT2D eigenvalue weighted by atomic mass is 10.2. The second-order valence-electron chi connectivity index (χ2n) is 5.37. The number of guanidine groups is 1. The Morgan fingerprint density at radius 1 is 1.17 bits per heavy atom. The van der Waals surface area contributed by atoms with Crippen molar-refractivity contribution in [3.05, 3.63) is 60.2 Å². The maximum absolute atomic E-state index is 12.3. The molecule has 5 heteroatoms. The van der Waals surface area contributed by atoms with Crippen molar-refractivity contribution >= 4 is 22.4 Å². The van der Waals surface area contributed by atoms with E-state index in [-0.39, 0.29) is 0 Å². The van der Waals surface area contributed by atoms with E-state index in [1.807, 2.05) is 30.3 Å². The van der Waals surface area contributed by atoms with Crippen LogP contribution in [0.1, 0.15) is 5.56 Å². The average Bonchev–Trinajstić information content (AvgIpc) is 3.03. The maximum atomic E-state index is 12.3. The summed E-state index contributed by atoms with van der Waals surface area (Å²) in [4.78, 5) is 7.44. The van der Waals surface area contributed by atoms with Gasteiger partial charge in [0.25, 0.3) is 0 Å². The van der Waals surface area contributed by atoms with Crippen LogP contribution >= 0.6 is 0 Å². The summed E-state index contributed by atoms with van der Waals surface area (Å²) >= 11 is 0. The number of aliphatic imine (C=N–C) groups is 1. The smallest absolute Gasteiger partial charge is 0.198 e. The Bertz CT molecular complexity index is 715. The van der Waals surface area contributed by atoms with Gasteiger partial charge in [-0.2, -0.15) is 0 Å². The highest BCUT2D eigenvalue weighted by molar-refractivity contribution is 7.85. The van der Waals surface area contributed by atoms with Crippen molar-refractivity contribution in [2.45, 2.75) is 11.3 Å². The van der Waals surface area contributed by atoms with E-state index in [1.54, 1.807) is 7.05 Å². The first-order valence-electron chi connectivity index (χ1n) is 7.79. The lowest BCUT2D eigenvalue weighted by Gasteiger charge is -2.22. The molecule has 0 aromatic heterocycles. The molecule has 4 nitrogen and oxygen atoms in total. The Kier molecular flexibility index (Phi) is 5.08. The molecule has 23 heavy (non-hydrogen) atoms. The minimum Gasteiger partial charge on any atom is -0.355 e. The third-order valence-corrected chi connectivity index (χ3v) is 5.30. The second-order valence-corrected chi connectivity index (χ2v) is 6.94. The molecule has 2 aromatic rings. The van der Waals surface area contributed by atoms with Crippen molar-refractivity contribution in [3.8, 4) is 0 Å². The molecular formula is C18H21N3OS. The Morgan fingerprint density at radius 2 is 1.91 bits per heavy atom. The lowest BCUT2D eigenvalue weighted by Crippen LogP contribution is -2.42. The highest BCUT2D eigenvalue weighted by atomic mass is 32.2. The van der Waals surface area contributed by atoms with Gasteiger partial charge in [-0.15, -0.1) is 0 Å². The fourth-order valence-electron chi connectivity index (χ4n) is 2.80. The van der Waals surface area contributed by atoms with Gasteiger partial charge in [0.1, 0.15) is 0 Å². The van der Waals surface area contributed by atoms with E-state index in [1.165, 1.54) is 11.3 Å². The normalized spacial score (nSPS) is 15.3. The van der Waals surface area contributed by atoms with Crippen molar-refractivity contribution in [1.82, 2.24) is 5.32 Å². The molecule has 0 saturated heterocycles. The molecule has 2 aromatic carbocycles. The molecule has 0 fully saturated rings. The van der Waals surface area contributed by atoms with Gasteiger partial charge in [0, 0.05) is 36.5 Å². The highest BCUT2D eigenvalue weighted by Crippen LogP contribution is 2.27. The standard InChI is InChI=1S/C18H21N3OS/c1-19-18(21-13-11-15-7-5-6-10-17(15)21)20-12-14-23(22)16-8-3-2-4-9-16/h2-10H,11-14H2,1H3,(H,19,20). The quantitative estimate of drug-likeness (QED) is 0.693. The van der Waals surface area contributed by atoms with Crippen LogP contribution < -0.4 is 10.2 Å². The van der Waals surface area contributed by atoms with Crippen LogP contribution in [-0.4, -0.2) is 36.1 Å². The van der Waals surface area contributed by atoms with Gasteiger partial charge in [-0.1, -0.05) is 36.4 Å². The summed E-state index contributed by atoms with van der Waals surface area (Å²) in [5.41, 5.74) is 2.56. The molecule has 1 aliphatic heterocycles. The summed E-state index contributed by atoms with van der Waals surface area (Å²) in [6, 6.07) is 18.0. The summed E-state index contributed by atoms with van der Waals surface area (Å²) in [5, 5.41) is 3.34. The number of anilines is 1. The van der Waals surface area contributed by atoms with Crippen molar-refractivity contribution < 1.29 is 4.21 Å². The molecule has 1 heterocycles. The summed E-state index contributed by atoms with van der Waals surface area (Å²) < 4.78 is 12.3. The van der Waals surface area contributed by atoms with E-state index in [4.69, 9.17) is 0 Å². The van der Waals surface area contributed by atoms with Crippen LogP contribution in [0.2, 0.25) is 0 Å². The number of hydrogen-bond donors (Lipinski definition) is 1. The fraction of sp³-hybridized carbons (Fsp3) is 0.278. The molecule has 0 saturated carbocycles. The lowest BCUT2D eigenvalue weighted by molar-refractivity contribution is 0.681. The zero-order valence-electron chi connectivity index (χ0n) is 13.2. The Hall–Kier alpha value is -2.14. The van der Waals surface area contributed by atoms with Crippen molar-refractivity contribution in [3.63, 3.8) is 0 Å². The van der Waals surface area contributed by atoms with Gasteiger partial charge in [0.2, 0.25) is 0 Å². The monoisotopic (exact) mass is 327 g/mol. The summed E-state index contributed by atoms with van der Waals surface area (Å²) in [5.74, 6) is 1.42. The predicted molar refractivity (Wildman–Crippen MR) is 96.6 cm³/mol. The molecule has 120 valence electrons. The molecule has 0 spiro atoms. The zero-order valence-corrected chi connectivity index (χ0v) is 14.1. The van der Waals surface area contributed by atoms with Crippen molar-refractivity contribution in [2.75, 3.05) is 30.8 Å². The number of nitrogens with zero attached hydrogens (tertiary/aromatic N) is 2. The SMILES string of the molecule is CN=C(NCCS(=O)c1ccccc1)N1CCc2ccccc21. The first-order valence-corrected chi connectivity index (χ1v) is 9.11. The van der Waals surface area contributed by atoms with Crippen LogP contribution in [0.15, 0.2) is 64.5 Å². The second kappa shape index (κ2) is 7.42. The van der Waals surface area contributed by atoms with Crippen LogP contribution in [-0.2, 0) is 17.2 Å². The number of rotatable bonds is 4. The van der Waals surface area contributed by atoms with Gasteiger partial charge in [0.15, 0.2) is 5.96 Å². The van der Waals surface area contributed by atoms with Gasteiger partial charge >= 0.3 is 0 Å². The molecule has 1 atom stereocenters. The third-order valence-electron chi connectivity index (χ3n) is 3.93. The van der Waals surface area contributed by atoms with E-state index in [2.05, 4.69) is 39.5 Å². The average molecular weight is 327 g/mol. The molecule has 0 aliphatic carbocycles. The first-order chi connectivity index (χ1) is 11.3. The third kappa shape index (κ3) is 3.62. The summed E-state index contributed by atoms with van der Waals surface area (Å²) in [6.07, 6.45) is 1.03.